The Morgan fingerprint density at radius 2 is 1.91 bits per heavy atom. The molecule has 1 saturated heterocycles. The molecule has 0 amide bonds. The second-order valence-electron chi connectivity index (χ2n) is 4.96. The van der Waals surface area contributed by atoms with Crippen molar-refractivity contribution in [1.82, 2.24) is 10.2 Å². The van der Waals surface area contributed by atoms with Crippen molar-refractivity contribution in [2.75, 3.05) is 31.2 Å². The molecule has 0 aliphatic carbocycles. The number of aromatic nitrogens is 2. The summed E-state index contributed by atoms with van der Waals surface area (Å²) < 4.78 is 30.2. The fraction of sp³-hybridized carbons (Fsp3) is 0.385. The van der Waals surface area contributed by atoms with Gasteiger partial charge in [0.15, 0.2) is 0 Å². The summed E-state index contributed by atoms with van der Waals surface area (Å²) in [5.74, 6) is -0.193. The number of nitrogens with zero attached hydrogens (tertiary/aromatic N) is 3. The van der Waals surface area contributed by atoms with Crippen LogP contribution >= 0.6 is 34.5 Å². The van der Waals surface area contributed by atoms with Gasteiger partial charge in [-0.2, -0.15) is 0 Å². The van der Waals surface area contributed by atoms with Crippen LogP contribution in [0.25, 0.3) is 0 Å². The molecule has 2 aromatic rings. The lowest BCUT2D eigenvalue weighted by molar-refractivity contribution is 0.122. The van der Waals surface area contributed by atoms with Crippen molar-refractivity contribution in [2.24, 2.45) is 0 Å². The molecule has 3 rings (SSSR count). The number of ether oxygens (including phenoxy) is 1. The molecule has 2 heterocycles. The Morgan fingerprint density at radius 3 is 2.61 bits per heavy atom. The number of halogens is 2. The SMILES string of the molecule is O=S(=O)(Cc1ccc(Cl)c(Cl)c1)c1nnc(N2CCOCC2)s1. The first-order chi connectivity index (χ1) is 11.0. The molecule has 10 heteroatoms. The maximum absolute atomic E-state index is 12.5. The van der Waals surface area contributed by atoms with Crippen LogP contribution in [0.1, 0.15) is 5.56 Å². The van der Waals surface area contributed by atoms with Crippen molar-refractivity contribution < 1.29 is 13.2 Å². The van der Waals surface area contributed by atoms with E-state index in [2.05, 4.69) is 10.2 Å². The molecule has 23 heavy (non-hydrogen) atoms. The van der Waals surface area contributed by atoms with E-state index in [1.807, 2.05) is 4.90 Å². The van der Waals surface area contributed by atoms with E-state index in [1.54, 1.807) is 18.2 Å². The van der Waals surface area contributed by atoms with Crippen molar-refractivity contribution in [3.8, 4) is 0 Å². The fourth-order valence-electron chi connectivity index (χ4n) is 2.12. The Balaban J connectivity index is 1.79. The van der Waals surface area contributed by atoms with Gasteiger partial charge in [-0.15, -0.1) is 10.2 Å². The highest BCUT2D eigenvalue weighted by molar-refractivity contribution is 7.92. The summed E-state index contributed by atoms with van der Waals surface area (Å²) in [5, 5.41) is 9.14. The molecule has 0 radical (unpaired) electrons. The van der Waals surface area contributed by atoms with E-state index >= 15 is 0 Å². The molecule has 1 aromatic carbocycles. The molecule has 1 aliphatic heterocycles. The maximum Gasteiger partial charge on any atom is 0.234 e. The van der Waals surface area contributed by atoms with E-state index in [-0.39, 0.29) is 10.1 Å². The summed E-state index contributed by atoms with van der Waals surface area (Å²) in [6.45, 7) is 2.57. The third-order valence-corrected chi connectivity index (χ3v) is 7.14. The van der Waals surface area contributed by atoms with Crippen LogP contribution < -0.4 is 4.90 Å². The zero-order chi connectivity index (χ0) is 16.4. The second-order valence-corrected chi connectivity index (χ2v) is 8.89. The zero-order valence-electron chi connectivity index (χ0n) is 11.9. The molecule has 1 fully saturated rings. The lowest BCUT2D eigenvalue weighted by Gasteiger charge is -2.25. The van der Waals surface area contributed by atoms with E-state index in [9.17, 15) is 8.42 Å². The van der Waals surface area contributed by atoms with Gasteiger partial charge >= 0.3 is 0 Å². The molecular formula is C13H13Cl2N3O3S2. The van der Waals surface area contributed by atoms with E-state index in [0.29, 0.717) is 47.0 Å². The predicted molar refractivity (Wildman–Crippen MR) is 90.3 cm³/mol. The summed E-state index contributed by atoms with van der Waals surface area (Å²) in [5.41, 5.74) is 0.558. The number of hydrogen-bond donors (Lipinski definition) is 0. The number of benzene rings is 1. The van der Waals surface area contributed by atoms with E-state index in [4.69, 9.17) is 27.9 Å². The van der Waals surface area contributed by atoms with Crippen LogP contribution in [-0.2, 0) is 20.3 Å². The highest BCUT2D eigenvalue weighted by atomic mass is 35.5. The molecule has 0 atom stereocenters. The van der Waals surface area contributed by atoms with Crippen LogP contribution in [0, 0.1) is 0 Å². The standard InChI is InChI=1S/C13H13Cl2N3O3S2/c14-10-2-1-9(7-11(10)15)8-23(19,20)13-17-16-12(22-13)18-3-5-21-6-4-18/h1-2,7H,3-6,8H2. The normalized spacial score (nSPS) is 15.8. The summed E-state index contributed by atoms with van der Waals surface area (Å²) >= 11 is 12.8. The largest absolute Gasteiger partial charge is 0.378 e. The van der Waals surface area contributed by atoms with Crippen molar-refractivity contribution in [2.45, 2.75) is 10.1 Å². The number of anilines is 1. The van der Waals surface area contributed by atoms with Crippen LogP contribution in [0.3, 0.4) is 0 Å². The van der Waals surface area contributed by atoms with Gasteiger partial charge in [-0.25, -0.2) is 8.42 Å². The average Bonchev–Trinajstić information content (AvgIpc) is 3.02. The lowest BCUT2D eigenvalue weighted by atomic mass is 10.2. The summed E-state index contributed by atoms with van der Waals surface area (Å²) in [4.78, 5) is 1.97. The zero-order valence-corrected chi connectivity index (χ0v) is 15.1. The van der Waals surface area contributed by atoms with Crippen LogP contribution in [0.15, 0.2) is 22.5 Å². The molecule has 0 spiro atoms. The number of hydrogen-bond acceptors (Lipinski definition) is 7. The molecular weight excluding hydrogens is 381 g/mol. The van der Waals surface area contributed by atoms with Gasteiger partial charge in [0.05, 0.1) is 29.0 Å². The average molecular weight is 394 g/mol. The van der Waals surface area contributed by atoms with Gasteiger partial charge < -0.3 is 9.64 Å². The van der Waals surface area contributed by atoms with Crippen molar-refractivity contribution in [3.63, 3.8) is 0 Å². The molecule has 124 valence electrons. The number of morpholine rings is 1. The summed E-state index contributed by atoms with van der Waals surface area (Å²) in [6, 6.07) is 4.76. The highest BCUT2D eigenvalue weighted by Gasteiger charge is 2.24. The van der Waals surface area contributed by atoms with Crippen molar-refractivity contribution in [3.05, 3.63) is 33.8 Å². The van der Waals surface area contributed by atoms with Gasteiger partial charge in [0, 0.05) is 13.1 Å². The lowest BCUT2D eigenvalue weighted by Crippen LogP contribution is -2.36. The molecule has 6 nitrogen and oxygen atoms in total. The quantitative estimate of drug-likeness (QED) is 0.794. The first-order valence-electron chi connectivity index (χ1n) is 6.78. The Kier molecular flexibility index (Phi) is 5.07. The van der Waals surface area contributed by atoms with Gasteiger partial charge in [-0.05, 0) is 17.7 Å². The smallest absolute Gasteiger partial charge is 0.234 e. The van der Waals surface area contributed by atoms with Gasteiger partial charge in [0.1, 0.15) is 0 Å². The monoisotopic (exact) mass is 393 g/mol. The minimum atomic E-state index is -3.58. The van der Waals surface area contributed by atoms with Crippen LogP contribution in [0.2, 0.25) is 10.0 Å². The van der Waals surface area contributed by atoms with Gasteiger partial charge in [0.2, 0.25) is 19.3 Å². The van der Waals surface area contributed by atoms with Crippen molar-refractivity contribution in [1.29, 1.82) is 0 Å². The summed E-state index contributed by atoms with van der Waals surface area (Å²) in [6.07, 6.45) is 0. The minimum absolute atomic E-state index is 0.00469. The predicted octanol–water partition coefficient (Wildman–Crippen LogP) is 2.66. The van der Waals surface area contributed by atoms with Crippen LogP contribution in [-0.4, -0.2) is 44.9 Å². The van der Waals surface area contributed by atoms with Gasteiger partial charge in [-0.3, -0.25) is 0 Å². The van der Waals surface area contributed by atoms with Crippen molar-refractivity contribution >= 4 is 49.5 Å². The molecule has 0 saturated carbocycles. The highest BCUT2D eigenvalue weighted by Crippen LogP contribution is 2.28. The minimum Gasteiger partial charge on any atom is -0.378 e. The topological polar surface area (TPSA) is 72.4 Å². The maximum atomic E-state index is 12.5. The first kappa shape index (κ1) is 16.9. The second kappa shape index (κ2) is 6.90. The van der Waals surface area contributed by atoms with Gasteiger partial charge in [0.25, 0.3) is 0 Å². The third-order valence-electron chi connectivity index (χ3n) is 3.28. The van der Waals surface area contributed by atoms with E-state index in [0.717, 1.165) is 11.3 Å². The Labute approximate surface area is 147 Å². The summed E-state index contributed by atoms with van der Waals surface area (Å²) in [7, 11) is -3.58. The Hall–Kier alpha value is -0.930. The van der Waals surface area contributed by atoms with E-state index in [1.165, 1.54) is 0 Å². The van der Waals surface area contributed by atoms with E-state index < -0.39 is 9.84 Å². The van der Waals surface area contributed by atoms with Gasteiger partial charge in [-0.1, -0.05) is 40.6 Å². The number of rotatable bonds is 4. The number of sulfone groups is 1. The van der Waals surface area contributed by atoms with Crippen LogP contribution in [0.4, 0.5) is 5.13 Å². The first-order valence-corrected chi connectivity index (χ1v) is 10.0. The Morgan fingerprint density at radius 1 is 1.17 bits per heavy atom. The molecule has 1 aliphatic rings. The fourth-order valence-corrected chi connectivity index (χ4v) is 4.89. The third kappa shape index (κ3) is 3.95. The molecule has 0 N–H and O–H groups in total. The molecule has 0 unspecified atom stereocenters. The molecule has 0 bridgehead atoms. The van der Waals surface area contributed by atoms with Crippen LogP contribution in [0.5, 0.6) is 0 Å². The Bertz CT molecular complexity index is 805. The molecule has 1 aromatic heterocycles.